The summed E-state index contributed by atoms with van der Waals surface area (Å²) in [4.78, 5) is 9.33. The first-order chi connectivity index (χ1) is 11.8. The number of benzene rings is 2. The van der Waals surface area contributed by atoms with Crippen LogP contribution in [0.4, 0.5) is 0 Å². The van der Waals surface area contributed by atoms with Gasteiger partial charge in [-0.2, -0.15) is 0 Å². The second-order valence-corrected chi connectivity index (χ2v) is 5.57. The van der Waals surface area contributed by atoms with Gasteiger partial charge in [0, 0.05) is 18.3 Å². The van der Waals surface area contributed by atoms with E-state index < -0.39 is 0 Å². The van der Waals surface area contributed by atoms with Crippen LogP contribution in [0.15, 0.2) is 72.9 Å². The molecule has 4 heteroatoms. The molecule has 0 spiro atoms. The summed E-state index contributed by atoms with van der Waals surface area (Å²) in [7, 11) is 1.67. The molecule has 0 saturated heterocycles. The first kappa shape index (κ1) is 14.5. The van der Waals surface area contributed by atoms with E-state index in [1.807, 2.05) is 54.6 Å². The van der Waals surface area contributed by atoms with Crippen molar-refractivity contribution in [2.75, 3.05) is 7.11 Å². The predicted molar refractivity (Wildman–Crippen MR) is 94.7 cm³/mol. The Morgan fingerprint density at radius 1 is 0.917 bits per heavy atom. The van der Waals surface area contributed by atoms with Crippen molar-refractivity contribution in [2.45, 2.75) is 6.42 Å². The van der Waals surface area contributed by atoms with E-state index in [0.717, 1.165) is 34.8 Å². The predicted octanol–water partition coefficient (Wildman–Crippen LogP) is 4.02. The Bertz CT molecular complexity index is 959. The molecule has 2 aromatic heterocycles. The van der Waals surface area contributed by atoms with Crippen LogP contribution < -0.4 is 4.74 Å². The van der Waals surface area contributed by atoms with Crippen LogP contribution in [0.2, 0.25) is 0 Å². The highest BCUT2D eigenvalue weighted by Crippen LogP contribution is 2.23. The van der Waals surface area contributed by atoms with Crippen LogP contribution in [0.1, 0.15) is 11.4 Å². The molecular weight excluding hydrogens is 298 g/mol. The molecule has 4 aromatic rings. The summed E-state index contributed by atoms with van der Waals surface area (Å²) in [6, 6.07) is 22.2. The summed E-state index contributed by atoms with van der Waals surface area (Å²) in [5.41, 5.74) is 4.03. The topological polar surface area (TPSA) is 39.9 Å². The van der Waals surface area contributed by atoms with Gasteiger partial charge < -0.3 is 4.74 Å². The SMILES string of the molecule is COc1ccc(-n2c(Cc3ccccc3)nc3cccnc32)cc1. The summed E-state index contributed by atoms with van der Waals surface area (Å²) < 4.78 is 7.37. The van der Waals surface area contributed by atoms with Gasteiger partial charge in [0.15, 0.2) is 5.65 Å². The number of aromatic nitrogens is 3. The van der Waals surface area contributed by atoms with Crippen molar-refractivity contribution < 1.29 is 4.74 Å². The van der Waals surface area contributed by atoms with E-state index in [2.05, 4.69) is 21.7 Å². The van der Waals surface area contributed by atoms with E-state index in [-0.39, 0.29) is 0 Å². The smallest absolute Gasteiger partial charge is 0.164 e. The van der Waals surface area contributed by atoms with Crippen LogP contribution >= 0.6 is 0 Å². The van der Waals surface area contributed by atoms with Crippen LogP contribution in [-0.2, 0) is 6.42 Å². The minimum absolute atomic E-state index is 0.753. The third-order valence-corrected chi connectivity index (χ3v) is 4.02. The average Bonchev–Trinajstić information content (AvgIpc) is 3.00. The molecule has 0 saturated carbocycles. The molecule has 0 aliphatic carbocycles. The standard InChI is InChI=1S/C20H17N3O/c1-24-17-11-9-16(10-12-17)23-19(14-15-6-3-2-4-7-15)22-18-8-5-13-21-20(18)23/h2-13H,14H2,1H3. The van der Waals surface area contributed by atoms with Gasteiger partial charge in [-0.05, 0) is 42.0 Å². The Kier molecular flexibility index (Phi) is 3.71. The summed E-state index contributed by atoms with van der Waals surface area (Å²) >= 11 is 0. The molecule has 4 rings (SSSR count). The number of imidazole rings is 1. The van der Waals surface area contributed by atoms with E-state index in [9.17, 15) is 0 Å². The second-order valence-electron chi connectivity index (χ2n) is 5.57. The molecule has 0 fully saturated rings. The Morgan fingerprint density at radius 2 is 1.71 bits per heavy atom. The van der Waals surface area contributed by atoms with Crippen LogP contribution in [0, 0.1) is 0 Å². The van der Waals surface area contributed by atoms with Gasteiger partial charge in [0.1, 0.15) is 17.1 Å². The normalized spacial score (nSPS) is 10.9. The minimum Gasteiger partial charge on any atom is -0.497 e. The molecule has 0 atom stereocenters. The summed E-state index contributed by atoms with van der Waals surface area (Å²) in [5, 5.41) is 0. The number of nitrogens with zero attached hydrogens (tertiary/aromatic N) is 3. The van der Waals surface area contributed by atoms with Gasteiger partial charge >= 0.3 is 0 Å². The highest BCUT2D eigenvalue weighted by atomic mass is 16.5. The number of hydrogen-bond acceptors (Lipinski definition) is 3. The van der Waals surface area contributed by atoms with Crippen molar-refractivity contribution in [1.29, 1.82) is 0 Å². The zero-order chi connectivity index (χ0) is 16.4. The van der Waals surface area contributed by atoms with Crippen molar-refractivity contribution in [3.63, 3.8) is 0 Å². The lowest BCUT2D eigenvalue weighted by molar-refractivity contribution is 0.414. The van der Waals surface area contributed by atoms with Gasteiger partial charge in [-0.3, -0.25) is 4.57 Å². The zero-order valence-electron chi connectivity index (χ0n) is 13.4. The minimum atomic E-state index is 0.753. The van der Waals surface area contributed by atoms with Gasteiger partial charge in [0.25, 0.3) is 0 Å². The molecule has 118 valence electrons. The first-order valence-corrected chi connectivity index (χ1v) is 7.86. The maximum absolute atomic E-state index is 5.26. The molecule has 24 heavy (non-hydrogen) atoms. The lowest BCUT2D eigenvalue weighted by atomic mass is 10.1. The van der Waals surface area contributed by atoms with E-state index in [0.29, 0.717) is 0 Å². The van der Waals surface area contributed by atoms with Crippen molar-refractivity contribution >= 4 is 11.2 Å². The monoisotopic (exact) mass is 315 g/mol. The van der Waals surface area contributed by atoms with Gasteiger partial charge in [-0.15, -0.1) is 0 Å². The second kappa shape index (κ2) is 6.16. The molecule has 0 aliphatic heterocycles. The molecule has 2 aromatic carbocycles. The Hall–Kier alpha value is -3.14. The summed E-state index contributed by atoms with van der Waals surface area (Å²) in [6.45, 7) is 0. The highest BCUT2D eigenvalue weighted by molar-refractivity contribution is 5.74. The van der Waals surface area contributed by atoms with Crippen LogP contribution in [0.3, 0.4) is 0 Å². The van der Waals surface area contributed by atoms with Crippen LogP contribution in [-0.4, -0.2) is 21.6 Å². The Balaban J connectivity index is 1.86. The van der Waals surface area contributed by atoms with E-state index >= 15 is 0 Å². The maximum atomic E-state index is 5.26. The fraction of sp³-hybridized carbons (Fsp3) is 0.100. The number of rotatable bonds is 4. The van der Waals surface area contributed by atoms with Gasteiger partial charge in [-0.1, -0.05) is 30.3 Å². The third kappa shape index (κ3) is 2.63. The largest absolute Gasteiger partial charge is 0.497 e. The summed E-state index contributed by atoms with van der Waals surface area (Å²) in [5.74, 6) is 1.81. The number of hydrogen-bond donors (Lipinski definition) is 0. The van der Waals surface area contributed by atoms with Crippen LogP contribution in [0.25, 0.3) is 16.9 Å². The molecule has 0 amide bonds. The molecule has 2 heterocycles. The van der Waals surface area contributed by atoms with Crippen molar-refractivity contribution in [3.8, 4) is 11.4 Å². The van der Waals surface area contributed by atoms with Crippen molar-refractivity contribution in [1.82, 2.24) is 14.5 Å². The molecule has 0 aliphatic rings. The molecule has 0 N–H and O–H groups in total. The van der Waals surface area contributed by atoms with E-state index in [1.54, 1.807) is 13.3 Å². The molecule has 0 bridgehead atoms. The van der Waals surface area contributed by atoms with Crippen LogP contribution in [0.5, 0.6) is 5.75 Å². The molecule has 0 unspecified atom stereocenters. The molecular formula is C20H17N3O. The highest BCUT2D eigenvalue weighted by Gasteiger charge is 2.13. The molecule has 4 nitrogen and oxygen atoms in total. The van der Waals surface area contributed by atoms with Gasteiger partial charge in [-0.25, -0.2) is 9.97 Å². The van der Waals surface area contributed by atoms with Crippen molar-refractivity contribution in [3.05, 3.63) is 84.3 Å². The van der Waals surface area contributed by atoms with Gasteiger partial charge in [0.05, 0.1) is 7.11 Å². The number of methoxy groups -OCH3 is 1. The van der Waals surface area contributed by atoms with Crippen molar-refractivity contribution in [2.24, 2.45) is 0 Å². The van der Waals surface area contributed by atoms with E-state index in [1.165, 1.54) is 5.56 Å². The number of fused-ring (bicyclic) bond motifs is 1. The Morgan fingerprint density at radius 3 is 2.46 bits per heavy atom. The lowest BCUT2D eigenvalue weighted by Crippen LogP contribution is -2.03. The fourth-order valence-electron chi connectivity index (χ4n) is 2.86. The number of pyridine rings is 1. The fourth-order valence-corrected chi connectivity index (χ4v) is 2.86. The third-order valence-electron chi connectivity index (χ3n) is 4.02. The zero-order valence-corrected chi connectivity index (χ0v) is 13.4. The van der Waals surface area contributed by atoms with E-state index in [4.69, 9.17) is 9.72 Å². The quantitative estimate of drug-likeness (QED) is 0.571. The average molecular weight is 315 g/mol. The Labute approximate surface area is 140 Å². The van der Waals surface area contributed by atoms with Gasteiger partial charge in [0.2, 0.25) is 0 Å². The first-order valence-electron chi connectivity index (χ1n) is 7.86. The maximum Gasteiger partial charge on any atom is 0.164 e. The summed E-state index contributed by atoms with van der Waals surface area (Å²) in [6.07, 6.45) is 2.56. The molecule has 0 radical (unpaired) electrons. The lowest BCUT2D eigenvalue weighted by Gasteiger charge is -2.09. The number of ether oxygens (including phenoxy) is 1.